The third kappa shape index (κ3) is 11.9. The average Bonchev–Trinajstić information content (AvgIpc) is 2.95. The Morgan fingerprint density at radius 3 is 2.10 bits per heavy atom. The van der Waals surface area contributed by atoms with Gasteiger partial charge in [-0.05, 0) is 49.1 Å². The Hall–Kier alpha value is -3.88. The van der Waals surface area contributed by atoms with Crippen LogP contribution < -0.4 is 15.4 Å². The van der Waals surface area contributed by atoms with Gasteiger partial charge in [0.2, 0.25) is 11.8 Å². The van der Waals surface area contributed by atoms with E-state index in [0.717, 1.165) is 0 Å². The van der Waals surface area contributed by atoms with Crippen LogP contribution in [0.5, 0.6) is 5.75 Å². The summed E-state index contributed by atoms with van der Waals surface area (Å²) < 4.78 is 10.4. The summed E-state index contributed by atoms with van der Waals surface area (Å²) >= 11 is 1.99. The number of nitro groups is 1. The number of alkyl halides is 1. The van der Waals surface area contributed by atoms with Crippen molar-refractivity contribution < 1.29 is 38.4 Å². The molecule has 0 fully saturated rings. The van der Waals surface area contributed by atoms with Crippen LogP contribution in [-0.2, 0) is 30.5 Å². The summed E-state index contributed by atoms with van der Waals surface area (Å²) in [5.74, 6) is -1.48. The summed E-state index contributed by atoms with van der Waals surface area (Å²) in [6, 6.07) is 10.6. The lowest BCUT2D eigenvalue weighted by Gasteiger charge is -2.22. The summed E-state index contributed by atoms with van der Waals surface area (Å²) in [5, 5.41) is 16.1. The van der Waals surface area contributed by atoms with Crippen LogP contribution >= 0.6 is 22.6 Å². The monoisotopic (exact) mass is 695 g/mol. The van der Waals surface area contributed by atoms with Crippen molar-refractivity contribution in [2.24, 2.45) is 11.8 Å². The number of carbonyl (C=O) groups is 5. The van der Waals surface area contributed by atoms with Gasteiger partial charge < -0.3 is 20.1 Å². The fourth-order valence-corrected chi connectivity index (χ4v) is 4.13. The number of benzene rings is 2. The van der Waals surface area contributed by atoms with Crippen molar-refractivity contribution in [2.75, 3.05) is 9.74 Å². The van der Waals surface area contributed by atoms with Crippen molar-refractivity contribution in [1.82, 2.24) is 5.32 Å². The van der Waals surface area contributed by atoms with Gasteiger partial charge in [-0.2, -0.15) is 0 Å². The molecule has 2 amide bonds. The Labute approximate surface area is 257 Å². The van der Waals surface area contributed by atoms with Crippen LogP contribution in [0, 0.1) is 22.0 Å². The van der Waals surface area contributed by atoms with E-state index in [1.54, 1.807) is 31.2 Å². The van der Waals surface area contributed by atoms with Crippen molar-refractivity contribution in [3.8, 4) is 5.75 Å². The molecule has 0 bridgehead atoms. The topological polar surface area (TPSA) is 171 Å². The maximum Gasteiger partial charge on any atom is 0.514 e. The number of hydrogen-bond donors (Lipinski definition) is 2. The zero-order valence-corrected chi connectivity index (χ0v) is 25.8. The zero-order valence-electron chi connectivity index (χ0n) is 23.6. The number of hydrogen-bond acceptors (Lipinski definition) is 9. The van der Waals surface area contributed by atoms with Crippen molar-refractivity contribution in [3.05, 3.63) is 64.2 Å². The van der Waals surface area contributed by atoms with E-state index in [9.17, 15) is 34.1 Å². The average molecular weight is 696 g/mol. The fourth-order valence-electron chi connectivity index (χ4n) is 3.75. The summed E-state index contributed by atoms with van der Waals surface area (Å²) in [6.07, 6.45) is 0.0923. The zero-order chi connectivity index (χ0) is 31.2. The Morgan fingerprint density at radius 1 is 0.905 bits per heavy atom. The lowest BCUT2D eigenvalue weighted by molar-refractivity contribution is -0.384. The van der Waals surface area contributed by atoms with Crippen LogP contribution in [0.4, 0.5) is 16.2 Å². The predicted octanol–water partition coefficient (Wildman–Crippen LogP) is 5.16. The molecule has 12 nitrogen and oxygen atoms in total. The number of carbonyl (C=O) groups excluding carboxylic acids is 5. The van der Waals surface area contributed by atoms with E-state index >= 15 is 0 Å². The van der Waals surface area contributed by atoms with Crippen molar-refractivity contribution in [2.45, 2.75) is 59.1 Å². The molecular formula is C29H34IN3O9. The number of Topliss-reactive ketones (excluding diaryl/α,β-unsaturated/α-hetero) is 2. The van der Waals surface area contributed by atoms with Gasteiger partial charge in [0.25, 0.3) is 5.69 Å². The molecular weight excluding hydrogens is 661 g/mol. The number of amides is 2. The van der Waals surface area contributed by atoms with Gasteiger partial charge in [0.15, 0.2) is 0 Å². The number of ether oxygens (including phenoxy) is 2. The minimum absolute atomic E-state index is 0.0429. The number of anilines is 1. The molecule has 0 saturated carbocycles. The summed E-state index contributed by atoms with van der Waals surface area (Å²) in [5.41, 5.74) is 0.924. The third-order valence-corrected chi connectivity index (χ3v) is 7.08. The van der Waals surface area contributed by atoms with Crippen molar-refractivity contribution in [3.63, 3.8) is 0 Å². The Kier molecular flexibility index (Phi) is 14.0. The van der Waals surface area contributed by atoms with Crippen LogP contribution in [0.15, 0.2) is 48.5 Å². The Balaban J connectivity index is 1.81. The highest BCUT2D eigenvalue weighted by atomic mass is 127. The number of nitrogens with zero attached hydrogens (tertiary/aromatic N) is 1. The molecule has 0 spiro atoms. The molecule has 2 atom stereocenters. The molecule has 0 aliphatic carbocycles. The van der Waals surface area contributed by atoms with Crippen LogP contribution in [0.2, 0.25) is 0 Å². The SMILES string of the molecule is CC(C)[C@H](CC(=O)CCCC(=O)CI)C(=O)N[C@@H](C)C(=O)Nc1ccc(COC(=O)Oc2ccc([N+](=O)[O-])cc2)cc1. The standard InChI is InChI=1S/C29H34IN3O9/c1-18(2)26(15-23(34)5-4-6-24(35)16-30)28(37)31-19(3)27(36)32-21-9-7-20(8-10-21)17-41-29(38)42-25-13-11-22(12-14-25)33(39)40/h7-14,18-19,26H,4-6,15-17H2,1-3H3,(H,31,37)(H,32,36)/t19-,26-/m0/s1. The largest absolute Gasteiger partial charge is 0.514 e. The fraction of sp³-hybridized carbons (Fsp3) is 0.414. The van der Waals surface area contributed by atoms with E-state index in [-0.39, 0.29) is 48.4 Å². The molecule has 0 saturated heterocycles. The van der Waals surface area contributed by atoms with Crippen molar-refractivity contribution in [1.29, 1.82) is 0 Å². The highest BCUT2D eigenvalue weighted by molar-refractivity contribution is 14.1. The number of ketones is 2. The minimum Gasteiger partial charge on any atom is -0.429 e. The molecule has 2 rings (SSSR count). The van der Waals surface area contributed by atoms with Crippen LogP contribution in [-0.4, -0.2) is 44.9 Å². The lowest BCUT2D eigenvalue weighted by Crippen LogP contribution is -2.45. The molecule has 0 aliphatic heterocycles. The molecule has 2 N–H and O–H groups in total. The normalized spacial score (nSPS) is 12.1. The molecule has 226 valence electrons. The molecule has 13 heteroatoms. The van der Waals surface area contributed by atoms with Gasteiger partial charge >= 0.3 is 6.16 Å². The van der Waals surface area contributed by atoms with E-state index in [1.807, 2.05) is 36.4 Å². The predicted molar refractivity (Wildman–Crippen MR) is 162 cm³/mol. The molecule has 2 aromatic rings. The maximum atomic E-state index is 12.9. The van der Waals surface area contributed by atoms with Gasteiger partial charge in [0.05, 0.1) is 9.35 Å². The van der Waals surface area contributed by atoms with Gasteiger partial charge in [-0.25, -0.2) is 4.79 Å². The summed E-state index contributed by atoms with van der Waals surface area (Å²) in [6.45, 7) is 5.10. The minimum atomic E-state index is -0.987. The van der Waals surface area contributed by atoms with Crippen molar-refractivity contribution >= 4 is 63.5 Å². The highest BCUT2D eigenvalue weighted by Crippen LogP contribution is 2.20. The molecule has 0 aromatic heterocycles. The van der Waals surface area contributed by atoms with E-state index in [1.165, 1.54) is 24.3 Å². The molecule has 0 heterocycles. The lowest BCUT2D eigenvalue weighted by atomic mass is 9.88. The number of non-ortho nitro benzene ring substituents is 1. The van der Waals surface area contributed by atoms with Gasteiger partial charge in [-0.15, -0.1) is 0 Å². The second kappa shape index (κ2) is 17.2. The second-order valence-electron chi connectivity index (χ2n) is 9.93. The van der Waals surface area contributed by atoms with Gasteiger partial charge in [0.1, 0.15) is 30.0 Å². The number of rotatable bonds is 16. The van der Waals surface area contributed by atoms with Gasteiger partial charge in [-0.1, -0.05) is 48.6 Å². The van der Waals surface area contributed by atoms with Gasteiger partial charge in [-0.3, -0.25) is 29.3 Å². The molecule has 0 unspecified atom stereocenters. The molecule has 0 aliphatic rings. The third-order valence-electron chi connectivity index (χ3n) is 6.23. The Morgan fingerprint density at radius 2 is 1.52 bits per heavy atom. The smallest absolute Gasteiger partial charge is 0.429 e. The first kappa shape index (κ1) is 34.3. The molecule has 0 radical (unpaired) electrons. The van der Waals surface area contributed by atoms with Gasteiger partial charge in [0, 0.05) is 43.0 Å². The maximum absolute atomic E-state index is 12.9. The first-order chi connectivity index (χ1) is 19.9. The van der Waals surface area contributed by atoms with Crippen LogP contribution in [0.25, 0.3) is 0 Å². The van der Waals surface area contributed by atoms with E-state index in [2.05, 4.69) is 10.6 Å². The highest BCUT2D eigenvalue weighted by Gasteiger charge is 2.27. The van der Waals surface area contributed by atoms with E-state index in [4.69, 9.17) is 9.47 Å². The van der Waals surface area contributed by atoms with E-state index in [0.29, 0.717) is 28.5 Å². The number of halogens is 1. The number of nitrogens with one attached hydrogen (secondary N) is 2. The molecule has 2 aromatic carbocycles. The number of nitro benzene ring substituents is 1. The second-order valence-corrected chi connectivity index (χ2v) is 10.7. The summed E-state index contributed by atoms with van der Waals surface area (Å²) in [4.78, 5) is 71.4. The quantitative estimate of drug-likeness (QED) is 0.0601. The van der Waals surface area contributed by atoms with Crippen LogP contribution in [0.1, 0.15) is 52.0 Å². The first-order valence-electron chi connectivity index (χ1n) is 13.3. The van der Waals surface area contributed by atoms with E-state index < -0.39 is 34.9 Å². The van der Waals surface area contributed by atoms with Crippen LogP contribution in [0.3, 0.4) is 0 Å². The summed E-state index contributed by atoms with van der Waals surface area (Å²) in [7, 11) is 0. The first-order valence-corrected chi connectivity index (χ1v) is 14.8. The Bertz CT molecular complexity index is 1260. The molecule has 42 heavy (non-hydrogen) atoms.